The molecule has 0 saturated carbocycles. The lowest BCUT2D eigenvalue weighted by atomic mass is 10.0. The highest BCUT2D eigenvalue weighted by atomic mass is 32.2. The molecule has 2 unspecified atom stereocenters. The molecular weight excluding hydrogens is 406 g/mol. The summed E-state index contributed by atoms with van der Waals surface area (Å²) in [5.74, 6) is 0.0136. The molecule has 2 aromatic carbocycles. The largest absolute Gasteiger partial charge is 0.348 e. The number of carbonyl (C=O) groups is 1. The van der Waals surface area contributed by atoms with E-state index in [1.165, 1.54) is 23.1 Å². The summed E-state index contributed by atoms with van der Waals surface area (Å²) in [4.78, 5) is 12.8. The minimum Gasteiger partial charge on any atom is -0.348 e. The minimum atomic E-state index is -0.257. The topological polar surface area (TPSA) is 46.9 Å². The maximum absolute atomic E-state index is 12.8. The van der Waals surface area contributed by atoms with Crippen LogP contribution in [0.1, 0.15) is 38.3 Å². The number of nitrogens with one attached hydrogen (secondary N) is 1. The average molecular weight is 430 g/mol. The third-order valence-electron chi connectivity index (χ3n) is 4.27. The van der Waals surface area contributed by atoms with E-state index in [-0.39, 0.29) is 17.2 Å². The van der Waals surface area contributed by atoms with Crippen LogP contribution in [0.25, 0.3) is 5.69 Å². The van der Waals surface area contributed by atoms with Gasteiger partial charge in [0.25, 0.3) is 0 Å². The molecule has 4 nitrogen and oxygen atoms in total. The summed E-state index contributed by atoms with van der Waals surface area (Å²) in [5.41, 5.74) is 2.07. The molecule has 0 bridgehead atoms. The second kappa shape index (κ2) is 10.0. The number of rotatable bonds is 8. The average Bonchev–Trinajstić information content (AvgIpc) is 3.09. The van der Waals surface area contributed by atoms with Crippen molar-refractivity contribution in [2.24, 2.45) is 0 Å². The van der Waals surface area contributed by atoms with E-state index in [4.69, 9.17) is 12.2 Å². The van der Waals surface area contributed by atoms with E-state index in [1.807, 2.05) is 55.5 Å². The van der Waals surface area contributed by atoms with Crippen LogP contribution < -0.4 is 5.32 Å². The molecule has 0 aliphatic rings. The van der Waals surface area contributed by atoms with Gasteiger partial charge in [-0.3, -0.25) is 4.79 Å². The standard InChI is InChI=1S/C21H23N3OS3/c1-3-10-18(16-11-6-4-7-12-16)22-19(25)15(2)27-20-23-24(21(26)28-20)17-13-8-5-9-14-17/h4-9,11-15,18H,3,10H2,1-2H3,(H,22,25). The third kappa shape index (κ3) is 5.31. The third-order valence-corrected chi connectivity index (χ3v) is 6.69. The monoisotopic (exact) mass is 429 g/mol. The zero-order valence-electron chi connectivity index (χ0n) is 15.9. The number of para-hydroxylation sites is 1. The summed E-state index contributed by atoms with van der Waals surface area (Å²) in [6, 6.07) is 20.0. The Labute approximate surface area is 179 Å². The first-order valence-electron chi connectivity index (χ1n) is 9.26. The van der Waals surface area contributed by atoms with Crippen molar-refractivity contribution < 1.29 is 4.79 Å². The molecule has 0 radical (unpaired) electrons. The first-order chi connectivity index (χ1) is 13.6. The molecule has 1 aromatic heterocycles. The number of hydrogen-bond donors (Lipinski definition) is 1. The Morgan fingerprint density at radius 3 is 2.46 bits per heavy atom. The summed E-state index contributed by atoms with van der Waals surface area (Å²) < 4.78 is 3.22. The lowest BCUT2D eigenvalue weighted by Crippen LogP contribution is -2.34. The van der Waals surface area contributed by atoms with Gasteiger partial charge < -0.3 is 5.32 Å². The van der Waals surface area contributed by atoms with Gasteiger partial charge in [0.2, 0.25) is 5.91 Å². The SMILES string of the molecule is CCCC(NC(=O)C(C)Sc1nn(-c2ccccc2)c(=S)s1)c1ccccc1. The van der Waals surface area contributed by atoms with Crippen LogP contribution in [0.15, 0.2) is 65.0 Å². The first-order valence-corrected chi connectivity index (χ1v) is 11.4. The molecule has 0 aliphatic heterocycles. The zero-order chi connectivity index (χ0) is 19.9. The highest BCUT2D eigenvalue weighted by Gasteiger charge is 2.21. The minimum absolute atomic E-state index is 0.0136. The van der Waals surface area contributed by atoms with Crippen LogP contribution in [-0.2, 0) is 4.79 Å². The van der Waals surface area contributed by atoms with Crippen LogP contribution in [0.3, 0.4) is 0 Å². The van der Waals surface area contributed by atoms with Gasteiger partial charge in [-0.2, -0.15) is 0 Å². The first kappa shape index (κ1) is 20.8. The van der Waals surface area contributed by atoms with Crippen molar-refractivity contribution in [2.75, 3.05) is 0 Å². The summed E-state index contributed by atoms with van der Waals surface area (Å²) >= 11 is 8.32. The van der Waals surface area contributed by atoms with Crippen LogP contribution in [0.5, 0.6) is 0 Å². The van der Waals surface area contributed by atoms with Crippen LogP contribution in [0.4, 0.5) is 0 Å². The van der Waals surface area contributed by atoms with Crippen molar-refractivity contribution in [3.63, 3.8) is 0 Å². The fraction of sp³-hybridized carbons (Fsp3) is 0.286. The van der Waals surface area contributed by atoms with Gasteiger partial charge in [0, 0.05) is 0 Å². The molecule has 28 heavy (non-hydrogen) atoms. The number of nitrogens with zero attached hydrogens (tertiary/aromatic N) is 2. The Balaban J connectivity index is 1.68. The van der Waals surface area contributed by atoms with Crippen LogP contribution in [-0.4, -0.2) is 20.9 Å². The van der Waals surface area contributed by atoms with Crippen molar-refractivity contribution in [3.05, 3.63) is 70.2 Å². The summed E-state index contributed by atoms with van der Waals surface area (Å²) in [6.45, 7) is 4.04. The Kier molecular flexibility index (Phi) is 7.42. The Bertz CT molecular complexity index is 954. The fourth-order valence-electron chi connectivity index (χ4n) is 2.83. The molecule has 0 saturated heterocycles. The van der Waals surface area contributed by atoms with E-state index < -0.39 is 0 Å². The molecule has 146 valence electrons. The van der Waals surface area contributed by atoms with Crippen molar-refractivity contribution in [1.29, 1.82) is 0 Å². The molecule has 1 amide bonds. The van der Waals surface area contributed by atoms with E-state index in [2.05, 4.69) is 29.5 Å². The molecule has 3 aromatic rings. The number of benzene rings is 2. The van der Waals surface area contributed by atoms with E-state index in [0.717, 1.165) is 28.4 Å². The quantitative estimate of drug-likeness (QED) is 0.363. The molecule has 1 heterocycles. The Morgan fingerprint density at radius 2 is 1.82 bits per heavy atom. The second-order valence-electron chi connectivity index (χ2n) is 6.40. The number of amides is 1. The van der Waals surface area contributed by atoms with Crippen molar-refractivity contribution >= 4 is 41.2 Å². The smallest absolute Gasteiger partial charge is 0.233 e. The van der Waals surface area contributed by atoms with Crippen molar-refractivity contribution in [3.8, 4) is 5.69 Å². The highest BCUT2D eigenvalue weighted by molar-refractivity contribution is 8.02. The second-order valence-corrected chi connectivity index (χ2v) is 9.61. The van der Waals surface area contributed by atoms with E-state index in [0.29, 0.717) is 3.95 Å². The van der Waals surface area contributed by atoms with Gasteiger partial charge in [-0.1, -0.05) is 85.0 Å². The van der Waals surface area contributed by atoms with Crippen LogP contribution >= 0.6 is 35.3 Å². The van der Waals surface area contributed by atoms with Gasteiger partial charge in [-0.05, 0) is 43.3 Å². The number of hydrogen-bond acceptors (Lipinski definition) is 5. The number of carbonyl (C=O) groups excluding carboxylic acids is 1. The van der Waals surface area contributed by atoms with Crippen molar-refractivity contribution in [1.82, 2.24) is 15.1 Å². The van der Waals surface area contributed by atoms with Gasteiger partial charge in [-0.15, -0.1) is 5.10 Å². The van der Waals surface area contributed by atoms with Crippen LogP contribution in [0, 0.1) is 3.95 Å². The highest BCUT2D eigenvalue weighted by Crippen LogP contribution is 2.28. The normalized spacial score (nSPS) is 13.1. The molecule has 0 aliphatic carbocycles. The van der Waals surface area contributed by atoms with E-state index >= 15 is 0 Å². The molecule has 0 fully saturated rings. The fourth-order valence-corrected chi connectivity index (χ4v) is 5.35. The molecular formula is C21H23N3OS3. The van der Waals surface area contributed by atoms with Gasteiger partial charge in [0.1, 0.15) is 0 Å². The Hall–Kier alpha value is -1.96. The van der Waals surface area contributed by atoms with Gasteiger partial charge >= 0.3 is 0 Å². The molecule has 2 atom stereocenters. The van der Waals surface area contributed by atoms with E-state index in [9.17, 15) is 4.79 Å². The maximum Gasteiger partial charge on any atom is 0.233 e. The van der Waals surface area contributed by atoms with Gasteiger partial charge in [0.05, 0.1) is 17.0 Å². The molecule has 7 heteroatoms. The number of thioether (sulfide) groups is 1. The van der Waals surface area contributed by atoms with Crippen LogP contribution in [0.2, 0.25) is 0 Å². The van der Waals surface area contributed by atoms with E-state index in [1.54, 1.807) is 4.68 Å². The molecule has 0 spiro atoms. The molecule has 3 rings (SSSR count). The van der Waals surface area contributed by atoms with Gasteiger partial charge in [0.15, 0.2) is 8.29 Å². The lowest BCUT2D eigenvalue weighted by Gasteiger charge is -2.20. The Morgan fingerprint density at radius 1 is 1.18 bits per heavy atom. The zero-order valence-corrected chi connectivity index (χ0v) is 18.3. The number of aromatic nitrogens is 2. The maximum atomic E-state index is 12.8. The lowest BCUT2D eigenvalue weighted by molar-refractivity contribution is -0.121. The predicted molar refractivity (Wildman–Crippen MR) is 120 cm³/mol. The summed E-state index contributed by atoms with van der Waals surface area (Å²) in [6.07, 6.45) is 1.92. The summed E-state index contributed by atoms with van der Waals surface area (Å²) in [5, 5.41) is 7.52. The predicted octanol–water partition coefficient (Wildman–Crippen LogP) is 5.80. The van der Waals surface area contributed by atoms with Crippen molar-refractivity contribution in [2.45, 2.75) is 42.3 Å². The van der Waals surface area contributed by atoms with Gasteiger partial charge in [-0.25, -0.2) is 4.68 Å². The molecule has 1 N–H and O–H groups in total. The summed E-state index contributed by atoms with van der Waals surface area (Å²) in [7, 11) is 0.